The van der Waals surface area contributed by atoms with E-state index in [9.17, 15) is 13.6 Å². The van der Waals surface area contributed by atoms with E-state index >= 15 is 0 Å². The molecule has 1 aromatic rings. The molecule has 1 rings (SSSR count). The standard InChI is InChI=1S/C14H20F2N2O2/c1-14(2,17)9-18-13(19)4-3-7-20-12-6-5-10(15)8-11(12)16/h5-6,8H,3-4,7,9,17H2,1-2H3,(H,18,19). The van der Waals surface area contributed by atoms with Gasteiger partial charge in [-0.05, 0) is 32.4 Å². The van der Waals surface area contributed by atoms with Crippen LogP contribution in [0.25, 0.3) is 0 Å². The lowest BCUT2D eigenvalue weighted by Gasteiger charge is -2.18. The predicted octanol–water partition coefficient (Wildman–Crippen LogP) is 1.98. The van der Waals surface area contributed by atoms with E-state index in [1.165, 1.54) is 6.07 Å². The van der Waals surface area contributed by atoms with Crippen molar-refractivity contribution < 1.29 is 18.3 Å². The molecule has 20 heavy (non-hydrogen) atoms. The molecule has 0 heterocycles. The van der Waals surface area contributed by atoms with Crippen LogP contribution in [0.5, 0.6) is 5.75 Å². The molecule has 0 saturated carbocycles. The van der Waals surface area contributed by atoms with Crippen molar-refractivity contribution in [2.24, 2.45) is 5.73 Å². The first-order valence-corrected chi connectivity index (χ1v) is 6.41. The molecule has 3 N–H and O–H groups in total. The second kappa shape index (κ2) is 7.19. The van der Waals surface area contributed by atoms with Gasteiger partial charge in [-0.15, -0.1) is 0 Å². The van der Waals surface area contributed by atoms with Gasteiger partial charge in [-0.1, -0.05) is 0 Å². The smallest absolute Gasteiger partial charge is 0.220 e. The van der Waals surface area contributed by atoms with Gasteiger partial charge in [0.25, 0.3) is 0 Å². The fourth-order valence-corrected chi connectivity index (χ4v) is 1.42. The summed E-state index contributed by atoms with van der Waals surface area (Å²) in [6, 6.07) is 3.10. The molecule has 0 aromatic heterocycles. The third-order valence-electron chi connectivity index (χ3n) is 2.44. The Labute approximate surface area is 117 Å². The lowest BCUT2D eigenvalue weighted by molar-refractivity contribution is -0.121. The van der Waals surface area contributed by atoms with Gasteiger partial charge in [-0.3, -0.25) is 4.79 Å². The largest absolute Gasteiger partial charge is 0.491 e. The Morgan fingerprint density at radius 1 is 1.40 bits per heavy atom. The molecule has 0 radical (unpaired) electrons. The minimum atomic E-state index is -0.751. The Morgan fingerprint density at radius 3 is 2.70 bits per heavy atom. The number of nitrogens with two attached hydrogens (primary N) is 1. The molecule has 0 aliphatic heterocycles. The highest BCUT2D eigenvalue weighted by Crippen LogP contribution is 2.17. The summed E-state index contributed by atoms with van der Waals surface area (Å²) in [5.74, 6) is -1.56. The summed E-state index contributed by atoms with van der Waals surface area (Å²) >= 11 is 0. The van der Waals surface area contributed by atoms with Crippen LogP contribution in [0, 0.1) is 11.6 Å². The number of carbonyl (C=O) groups excluding carboxylic acids is 1. The van der Waals surface area contributed by atoms with Crippen LogP contribution >= 0.6 is 0 Å². The molecule has 1 aromatic carbocycles. The highest BCUT2D eigenvalue weighted by atomic mass is 19.1. The molecule has 0 fully saturated rings. The van der Waals surface area contributed by atoms with Crippen LogP contribution in [0.1, 0.15) is 26.7 Å². The van der Waals surface area contributed by atoms with Gasteiger partial charge in [0.1, 0.15) is 5.82 Å². The Bertz CT molecular complexity index is 459. The van der Waals surface area contributed by atoms with E-state index < -0.39 is 17.2 Å². The monoisotopic (exact) mass is 286 g/mol. The average Bonchev–Trinajstić information content (AvgIpc) is 2.33. The van der Waals surface area contributed by atoms with Gasteiger partial charge in [-0.2, -0.15) is 0 Å². The number of ether oxygens (including phenoxy) is 1. The van der Waals surface area contributed by atoms with E-state index in [4.69, 9.17) is 10.5 Å². The number of amides is 1. The van der Waals surface area contributed by atoms with Crippen LogP contribution in [-0.2, 0) is 4.79 Å². The molecule has 0 saturated heterocycles. The number of rotatable bonds is 7. The van der Waals surface area contributed by atoms with Gasteiger partial charge in [0, 0.05) is 24.6 Å². The number of carbonyl (C=O) groups is 1. The summed E-state index contributed by atoms with van der Waals surface area (Å²) in [5, 5.41) is 2.70. The average molecular weight is 286 g/mol. The van der Waals surface area contributed by atoms with Crippen LogP contribution < -0.4 is 15.8 Å². The molecule has 4 nitrogen and oxygen atoms in total. The van der Waals surface area contributed by atoms with Gasteiger partial charge in [-0.25, -0.2) is 8.78 Å². The van der Waals surface area contributed by atoms with Crippen molar-refractivity contribution in [3.63, 3.8) is 0 Å². The topological polar surface area (TPSA) is 64.3 Å². The second-order valence-corrected chi connectivity index (χ2v) is 5.29. The van der Waals surface area contributed by atoms with E-state index in [1.807, 2.05) is 13.8 Å². The third-order valence-corrected chi connectivity index (χ3v) is 2.44. The molecular weight excluding hydrogens is 266 g/mol. The zero-order valence-corrected chi connectivity index (χ0v) is 11.7. The first-order chi connectivity index (χ1) is 9.28. The normalized spacial score (nSPS) is 11.2. The van der Waals surface area contributed by atoms with Gasteiger partial charge in [0.15, 0.2) is 11.6 Å². The third kappa shape index (κ3) is 6.47. The zero-order chi connectivity index (χ0) is 15.2. The summed E-state index contributed by atoms with van der Waals surface area (Å²) < 4.78 is 31.0. The zero-order valence-electron chi connectivity index (χ0n) is 11.7. The Morgan fingerprint density at radius 2 is 2.10 bits per heavy atom. The van der Waals surface area contributed by atoms with Crippen LogP contribution in [-0.4, -0.2) is 24.6 Å². The number of halogens is 2. The molecule has 0 bridgehead atoms. The maximum Gasteiger partial charge on any atom is 0.220 e. The molecule has 0 aliphatic rings. The fraction of sp³-hybridized carbons (Fsp3) is 0.500. The SMILES string of the molecule is CC(C)(N)CNC(=O)CCCOc1ccc(F)cc1F. The van der Waals surface area contributed by atoms with Gasteiger partial charge in [0.05, 0.1) is 6.61 Å². The van der Waals surface area contributed by atoms with E-state index in [2.05, 4.69) is 5.32 Å². The van der Waals surface area contributed by atoms with Crippen molar-refractivity contribution >= 4 is 5.91 Å². The lowest BCUT2D eigenvalue weighted by atomic mass is 10.1. The number of hydrogen-bond donors (Lipinski definition) is 2. The van der Waals surface area contributed by atoms with Gasteiger partial charge in [0.2, 0.25) is 5.91 Å². The van der Waals surface area contributed by atoms with Crippen molar-refractivity contribution in [2.45, 2.75) is 32.2 Å². The van der Waals surface area contributed by atoms with Gasteiger partial charge >= 0.3 is 0 Å². The second-order valence-electron chi connectivity index (χ2n) is 5.29. The highest BCUT2D eigenvalue weighted by molar-refractivity contribution is 5.75. The molecule has 6 heteroatoms. The van der Waals surface area contributed by atoms with Crippen molar-refractivity contribution in [1.82, 2.24) is 5.32 Å². The van der Waals surface area contributed by atoms with Crippen molar-refractivity contribution in [2.75, 3.05) is 13.2 Å². The van der Waals surface area contributed by atoms with Crippen LogP contribution in [0.4, 0.5) is 8.78 Å². The fourth-order valence-electron chi connectivity index (χ4n) is 1.42. The van der Waals surface area contributed by atoms with Crippen molar-refractivity contribution in [1.29, 1.82) is 0 Å². The summed E-state index contributed by atoms with van der Waals surface area (Å²) in [7, 11) is 0. The molecule has 1 amide bonds. The van der Waals surface area contributed by atoms with Crippen molar-refractivity contribution in [3.05, 3.63) is 29.8 Å². The Kier molecular flexibility index (Phi) is 5.88. The van der Waals surface area contributed by atoms with E-state index in [1.54, 1.807) is 0 Å². The summed E-state index contributed by atoms with van der Waals surface area (Å²) in [6.45, 7) is 4.20. The van der Waals surface area contributed by atoms with Crippen LogP contribution in [0.15, 0.2) is 18.2 Å². The highest BCUT2D eigenvalue weighted by Gasteiger charge is 2.12. The first kappa shape index (κ1) is 16.4. The maximum absolute atomic E-state index is 13.2. The van der Waals surface area contributed by atoms with Gasteiger partial charge < -0.3 is 15.8 Å². The molecule has 0 aliphatic carbocycles. The first-order valence-electron chi connectivity index (χ1n) is 6.41. The van der Waals surface area contributed by atoms with E-state index in [0.717, 1.165) is 12.1 Å². The van der Waals surface area contributed by atoms with Crippen molar-refractivity contribution in [3.8, 4) is 5.75 Å². The summed E-state index contributed by atoms with van der Waals surface area (Å²) in [4.78, 5) is 11.5. The van der Waals surface area contributed by atoms with E-state index in [-0.39, 0.29) is 24.7 Å². The molecule has 112 valence electrons. The quantitative estimate of drug-likeness (QED) is 0.753. The number of hydrogen-bond acceptors (Lipinski definition) is 3. The number of benzene rings is 1. The van der Waals surface area contributed by atoms with Crippen LogP contribution in [0.3, 0.4) is 0 Å². The summed E-state index contributed by atoms with van der Waals surface area (Å²) in [5.41, 5.74) is 5.28. The maximum atomic E-state index is 13.2. The molecule has 0 atom stereocenters. The molecular formula is C14H20F2N2O2. The minimum Gasteiger partial charge on any atom is -0.491 e. The predicted molar refractivity (Wildman–Crippen MR) is 72.4 cm³/mol. The molecule has 0 unspecified atom stereocenters. The Hall–Kier alpha value is -1.69. The van der Waals surface area contributed by atoms with E-state index in [0.29, 0.717) is 13.0 Å². The molecule has 0 spiro atoms. The Balaban J connectivity index is 2.23. The summed E-state index contributed by atoms with van der Waals surface area (Å²) in [6.07, 6.45) is 0.701. The van der Waals surface area contributed by atoms with Crippen LogP contribution in [0.2, 0.25) is 0 Å². The number of nitrogens with one attached hydrogen (secondary N) is 1. The minimum absolute atomic E-state index is 0.0186. The lowest BCUT2D eigenvalue weighted by Crippen LogP contribution is -2.45.